The Labute approximate surface area is 101 Å². The minimum Gasteiger partial charge on any atom is -0.508 e. The number of rotatable bonds is 4. The molecule has 0 unspecified atom stereocenters. The van der Waals surface area contributed by atoms with Crippen molar-refractivity contribution in [3.8, 4) is 11.8 Å². The standard InChI is InChI=1S/C13H16N2O2/c1-3-15(8-4-7-14)13(17)11-6-5-10(2)12(16)9-11/h5-6,9,16H,3-4,8H2,1-2H3. The van der Waals surface area contributed by atoms with Gasteiger partial charge in [-0.25, -0.2) is 0 Å². The van der Waals surface area contributed by atoms with Gasteiger partial charge in [0.15, 0.2) is 0 Å². The number of phenolic OH excluding ortho intramolecular Hbond substituents is 1. The molecule has 1 aromatic carbocycles. The monoisotopic (exact) mass is 232 g/mol. The van der Waals surface area contributed by atoms with Gasteiger partial charge >= 0.3 is 0 Å². The van der Waals surface area contributed by atoms with Crippen LogP contribution in [0.25, 0.3) is 0 Å². The van der Waals surface area contributed by atoms with Crippen molar-refractivity contribution in [3.63, 3.8) is 0 Å². The Morgan fingerprint density at radius 3 is 2.76 bits per heavy atom. The summed E-state index contributed by atoms with van der Waals surface area (Å²) in [4.78, 5) is 13.6. The van der Waals surface area contributed by atoms with Gasteiger partial charge in [0.05, 0.1) is 12.5 Å². The first-order chi connectivity index (χ1) is 8.10. The van der Waals surface area contributed by atoms with Crippen molar-refractivity contribution in [2.45, 2.75) is 20.3 Å². The topological polar surface area (TPSA) is 64.3 Å². The van der Waals surface area contributed by atoms with Gasteiger partial charge in [-0.1, -0.05) is 6.07 Å². The number of phenols is 1. The molecule has 90 valence electrons. The maximum atomic E-state index is 12.1. The molecule has 0 saturated carbocycles. The third-order valence-electron chi connectivity index (χ3n) is 2.62. The summed E-state index contributed by atoms with van der Waals surface area (Å²) in [6.07, 6.45) is 0.317. The molecular weight excluding hydrogens is 216 g/mol. The predicted octanol–water partition coefficient (Wildman–Crippen LogP) is 2.08. The molecule has 0 aromatic heterocycles. The zero-order valence-corrected chi connectivity index (χ0v) is 10.1. The van der Waals surface area contributed by atoms with E-state index in [0.29, 0.717) is 25.1 Å². The highest BCUT2D eigenvalue weighted by atomic mass is 16.3. The molecule has 1 aromatic rings. The minimum absolute atomic E-state index is 0.118. The van der Waals surface area contributed by atoms with Gasteiger partial charge in [0.1, 0.15) is 5.75 Å². The number of aryl methyl sites for hydroxylation is 1. The highest BCUT2D eigenvalue weighted by Crippen LogP contribution is 2.18. The number of carbonyl (C=O) groups excluding carboxylic acids is 1. The van der Waals surface area contributed by atoms with Gasteiger partial charge in [-0.2, -0.15) is 5.26 Å². The molecule has 17 heavy (non-hydrogen) atoms. The van der Waals surface area contributed by atoms with Crippen LogP contribution < -0.4 is 0 Å². The molecule has 0 spiro atoms. The SMILES string of the molecule is CCN(CCC#N)C(=O)c1ccc(C)c(O)c1. The van der Waals surface area contributed by atoms with Crippen LogP contribution >= 0.6 is 0 Å². The van der Waals surface area contributed by atoms with Gasteiger partial charge < -0.3 is 10.0 Å². The lowest BCUT2D eigenvalue weighted by molar-refractivity contribution is 0.0767. The van der Waals surface area contributed by atoms with Gasteiger partial charge in [0.2, 0.25) is 0 Å². The van der Waals surface area contributed by atoms with Crippen molar-refractivity contribution in [3.05, 3.63) is 29.3 Å². The maximum absolute atomic E-state index is 12.1. The van der Waals surface area contributed by atoms with E-state index in [1.807, 2.05) is 13.0 Å². The third kappa shape index (κ3) is 3.22. The van der Waals surface area contributed by atoms with Crippen molar-refractivity contribution in [2.75, 3.05) is 13.1 Å². The second-order valence-corrected chi connectivity index (χ2v) is 3.79. The van der Waals surface area contributed by atoms with Crippen molar-refractivity contribution < 1.29 is 9.90 Å². The molecule has 0 aliphatic heterocycles. The van der Waals surface area contributed by atoms with Gasteiger partial charge in [-0.3, -0.25) is 4.79 Å². The molecule has 0 heterocycles. The largest absolute Gasteiger partial charge is 0.508 e. The van der Waals surface area contributed by atoms with Crippen LogP contribution in [0.2, 0.25) is 0 Å². The fourth-order valence-electron chi connectivity index (χ4n) is 1.51. The smallest absolute Gasteiger partial charge is 0.254 e. The van der Waals surface area contributed by atoms with Crippen LogP contribution in [-0.4, -0.2) is 29.0 Å². The number of benzene rings is 1. The molecule has 0 atom stereocenters. The molecule has 1 amide bonds. The van der Waals surface area contributed by atoms with E-state index in [0.717, 1.165) is 5.56 Å². The van der Waals surface area contributed by atoms with E-state index in [-0.39, 0.29) is 11.7 Å². The summed E-state index contributed by atoms with van der Waals surface area (Å²) in [6.45, 7) is 4.61. The summed E-state index contributed by atoms with van der Waals surface area (Å²) >= 11 is 0. The minimum atomic E-state index is -0.155. The van der Waals surface area contributed by atoms with E-state index >= 15 is 0 Å². The van der Waals surface area contributed by atoms with Crippen LogP contribution in [0.3, 0.4) is 0 Å². The lowest BCUT2D eigenvalue weighted by Gasteiger charge is -2.19. The van der Waals surface area contributed by atoms with E-state index in [9.17, 15) is 9.90 Å². The summed E-state index contributed by atoms with van der Waals surface area (Å²) in [5, 5.41) is 18.1. The van der Waals surface area contributed by atoms with Crippen molar-refractivity contribution in [1.29, 1.82) is 5.26 Å². The third-order valence-corrected chi connectivity index (χ3v) is 2.62. The number of hydrogen-bond acceptors (Lipinski definition) is 3. The van der Waals surface area contributed by atoms with E-state index in [2.05, 4.69) is 0 Å². The summed E-state index contributed by atoms with van der Waals surface area (Å²) in [5.74, 6) is -0.0368. The molecule has 4 nitrogen and oxygen atoms in total. The molecule has 0 radical (unpaired) electrons. The van der Waals surface area contributed by atoms with Gasteiger partial charge in [-0.15, -0.1) is 0 Å². The summed E-state index contributed by atoms with van der Waals surface area (Å²) in [5.41, 5.74) is 1.19. The summed E-state index contributed by atoms with van der Waals surface area (Å²) in [7, 11) is 0. The maximum Gasteiger partial charge on any atom is 0.254 e. The second-order valence-electron chi connectivity index (χ2n) is 3.79. The Kier molecular flexibility index (Phi) is 4.53. The van der Waals surface area contributed by atoms with Gasteiger partial charge in [-0.05, 0) is 31.5 Å². The number of amides is 1. The lowest BCUT2D eigenvalue weighted by atomic mass is 10.1. The van der Waals surface area contributed by atoms with Crippen molar-refractivity contribution >= 4 is 5.91 Å². The normalized spacial score (nSPS) is 9.71. The van der Waals surface area contributed by atoms with E-state index in [4.69, 9.17) is 5.26 Å². The Balaban J connectivity index is 2.86. The first kappa shape index (κ1) is 13.0. The molecule has 0 saturated heterocycles. The number of carbonyl (C=O) groups is 1. The molecule has 0 aliphatic carbocycles. The average Bonchev–Trinajstić information content (AvgIpc) is 2.33. The summed E-state index contributed by atoms with van der Waals surface area (Å²) < 4.78 is 0. The lowest BCUT2D eigenvalue weighted by Crippen LogP contribution is -2.31. The first-order valence-corrected chi connectivity index (χ1v) is 5.56. The molecule has 0 fully saturated rings. The highest BCUT2D eigenvalue weighted by Gasteiger charge is 2.14. The van der Waals surface area contributed by atoms with Crippen LogP contribution in [0.5, 0.6) is 5.75 Å². The molecule has 1 rings (SSSR count). The second kappa shape index (κ2) is 5.90. The number of nitriles is 1. The van der Waals surface area contributed by atoms with Crippen molar-refractivity contribution in [2.24, 2.45) is 0 Å². The zero-order chi connectivity index (χ0) is 12.8. The van der Waals surface area contributed by atoms with Gasteiger partial charge in [0, 0.05) is 18.7 Å². The predicted molar refractivity (Wildman–Crippen MR) is 64.7 cm³/mol. The quantitative estimate of drug-likeness (QED) is 0.864. The van der Waals surface area contributed by atoms with Crippen LogP contribution in [0.15, 0.2) is 18.2 Å². The number of nitrogens with zero attached hydrogens (tertiary/aromatic N) is 2. The highest BCUT2D eigenvalue weighted by molar-refractivity contribution is 5.94. The molecular formula is C13H16N2O2. The van der Waals surface area contributed by atoms with E-state index in [1.54, 1.807) is 24.0 Å². The number of aromatic hydroxyl groups is 1. The van der Waals surface area contributed by atoms with Crippen LogP contribution in [0.1, 0.15) is 29.3 Å². The molecule has 1 N–H and O–H groups in total. The number of hydrogen-bond donors (Lipinski definition) is 1. The zero-order valence-electron chi connectivity index (χ0n) is 10.1. The Morgan fingerprint density at radius 2 is 2.24 bits per heavy atom. The van der Waals surface area contributed by atoms with Crippen molar-refractivity contribution in [1.82, 2.24) is 4.90 Å². The van der Waals surface area contributed by atoms with Crippen LogP contribution in [0, 0.1) is 18.3 Å². The fraction of sp³-hybridized carbons (Fsp3) is 0.385. The Morgan fingerprint density at radius 1 is 1.53 bits per heavy atom. The van der Waals surface area contributed by atoms with E-state index in [1.165, 1.54) is 6.07 Å². The van der Waals surface area contributed by atoms with Gasteiger partial charge in [0.25, 0.3) is 5.91 Å². The summed E-state index contributed by atoms with van der Waals surface area (Å²) in [6, 6.07) is 6.88. The van der Waals surface area contributed by atoms with E-state index < -0.39 is 0 Å². The average molecular weight is 232 g/mol. The van der Waals surface area contributed by atoms with Crippen LogP contribution in [-0.2, 0) is 0 Å². The van der Waals surface area contributed by atoms with Crippen LogP contribution in [0.4, 0.5) is 0 Å². The first-order valence-electron chi connectivity index (χ1n) is 5.56. The Bertz CT molecular complexity index is 449. The Hall–Kier alpha value is -2.02. The molecule has 0 bridgehead atoms. The fourth-order valence-corrected chi connectivity index (χ4v) is 1.51. The molecule has 4 heteroatoms. The molecule has 0 aliphatic rings.